The molecule has 0 fully saturated rings. The summed E-state index contributed by atoms with van der Waals surface area (Å²) in [5, 5.41) is 34.2. The van der Waals surface area contributed by atoms with Gasteiger partial charge in [-0.2, -0.15) is 10.5 Å². The third-order valence-electron chi connectivity index (χ3n) is 4.27. The second-order valence-corrected chi connectivity index (χ2v) is 5.64. The van der Waals surface area contributed by atoms with E-state index in [9.17, 15) is 15.6 Å². The van der Waals surface area contributed by atoms with Crippen molar-refractivity contribution in [3.8, 4) is 17.9 Å². The quantitative estimate of drug-likeness (QED) is 0.834. The number of benzene rings is 2. The van der Waals surface area contributed by atoms with Crippen molar-refractivity contribution in [1.82, 2.24) is 0 Å². The number of aromatic hydroxyl groups is 1. The Morgan fingerprint density at radius 3 is 2.70 bits per heavy atom. The van der Waals surface area contributed by atoms with E-state index in [-0.39, 0.29) is 16.9 Å². The van der Waals surface area contributed by atoms with Crippen molar-refractivity contribution in [2.45, 2.75) is 26.2 Å². The SMILES string of the molecule is CCCCNc1ccc2c(C#N)c(C#N)c(O)c3c2c1C=CC3. The largest absolute Gasteiger partial charge is 0.506 e. The molecule has 0 aromatic heterocycles. The topological polar surface area (TPSA) is 79.8 Å². The number of unbranched alkanes of at least 4 members (excludes halogenated alkanes) is 1. The normalized spacial score (nSPS) is 12.0. The highest BCUT2D eigenvalue weighted by molar-refractivity contribution is 6.04. The zero-order valence-electron chi connectivity index (χ0n) is 13.0. The minimum absolute atomic E-state index is 0.0622. The molecule has 1 aliphatic rings. The number of rotatable bonds is 4. The van der Waals surface area contributed by atoms with E-state index in [0.717, 1.165) is 47.0 Å². The molecule has 4 nitrogen and oxygen atoms in total. The molecule has 0 saturated carbocycles. The maximum atomic E-state index is 10.4. The van der Waals surface area contributed by atoms with Crippen molar-refractivity contribution in [1.29, 1.82) is 10.5 Å². The number of nitrogens with one attached hydrogen (secondary N) is 1. The highest BCUT2D eigenvalue weighted by atomic mass is 16.3. The van der Waals surface area contributed by atoms with Gasteiger partial charge in [0.25, 0.3) is 0 Å². The zero-order chi connectivity index (χ0) is 16.4. The first-order chi connectivity index (χ1) is 11.2. The van der Waals surface area contributed by atoms with Gasteiger partial charge in [0.1, 0.15) is 23.5 Å². The van der Waals surface area contributed by atoms with Crippen molar-refractivity contribution < 1.29 is 5.11 Å². The first kappa shape index (κ1) is 14.9. The van der Waals surface area contributed by atoms with Gasteiger partial charge in [-0.05, 0) is 24.3 Å². The van der Waals surface area contributed by atoms with Crippen LogP contribution in [0.4, 0.5) is 5.69 Å². The highest BCUT2D eigenvalue weighted by Crippen LogP contribution is 2.41. The molecule has 0 bridgehead atoms. The van der Waals surface area contributed by atoms with Gasteiger partial charge in [-0.3, -0.25) is 0 Å². The van der Waals surface area contributed by atoms with Crippen LogP contribution in [0.15, 0.2) is 18.2 Å². The summed E-state index contributed by atoms with van der Waals surface area (Å²) in [6, 6.07) is 7.87. The van der Waals surface area contributed by atoms with Crippen LogP contribution >= 0.6 is 0 Å². The molecule has 0 heterocycles. The molecule has 0 aliphatic heterocycles. The zero-order valence-corrected chi connectivity index (χ0v) is 13.0. The molecule has 2 aromatic rings. The van der Waals surface area contributed by atoms with Gasteiger partial charge in [-0.1, -0.05) is 31.6 Å². The maximum Gasteiger partial charge on any atom is 0.138 e. The van der Waals surface area contributed by atoms with Crippen molar-refractivity contribution in [2.24, 2.45) is 0 Å². The average Bonchev–Trinajstić information content (AvgIpc) is 2.58. The second-order valence-electron chi connectivity index (χ2n) is 5.64. The van der Waals surface area contributed by atoms with E-state index in [2.05, 4.69) is 18.3 Å². The molecule has 0 spiro atoms. The van der Waals surface area contributed by atoms with Crippen LogP contribution in [0.25, 0.3) is 16.8 Å². The van der Waals surface area contributed by atoms with Gasteiger partial charge in [0.15, 0.2) is 0 Å². The van der Waals surface area contributed by atoms with Gasteiger partial charge in [-0.25, -0.2) is 0 Å². The smallest absolute Gasteiger partial charge is 0.138 e. The summed E-state index contributed by atoms with van der Waals surface area (Å²) < 4.78 is 0. The lowest BCUT2D eigenvalue weighted by Gasteiger charge is -2.20. The molecule has 0 saturated heterocycles. The Balaban J connectivity index is 2.30. The standard InChI is InChI=1S/C19H17N3O/c1-2-3-9-22-17-8-7-12-15(10-20)16(11-21)19(23)14-6-4-5-13(17)18(12)14/h4-5,7-8,22-23H,2-3,6,9H2,1H3. The van der Waals surface area contributed by atoms with Crippen molar-refractivity contribution in [3.05, 3.63) is 40.5 Å². The summed E-state index contributed by atoms with van der Waals surface area (Å²) in [6.07, 6.45) is 6.76. The van der Waals surface area contributed by atoms with Gasteiger partial charge < -0.3 is 10.4 Å². The fraction of sp³-hybridized carbons (Fsp3) is 0.263. The van der Waals surface area contributed by atoms with E-state index in [0.29, 0.717) is 6.42 Å². The Labute approximate surface area is 135 Å². The predicted molar refractivity (Wildman–Crippen MR) is 91.2 cm³/mol. The number of phenolic OH excluding ortho intramolecular Hbond substituents is 1. The summed E-state index contributed by atoms with van der Waals surface area (Å²) in [7, 11) is 0. The first-order valence-electron chi connectivity index (χ1n) is 7.78. The molecular formula is C19H17N3O. The fourth-order valence-corrected chi connectivity index (χ4v) is 3.12. The number of nitrogens with zero attached hydrogens (tertiary/aromatic N) is 2. The van der Waals surface area contributed by atoms with Crippen LogP contribution < -0.4 is 5.32 Å². The fourth-order valence-electron chi connectivity index (χ4n) is 3.12. The van der Waals surface area contributed by atoms with E-state index in [1.54, 1.807) is 0 Å². The van der Waals surface area contributed by atoms with E-state index in [4.69, 9.17) is 0 Å². The highest BCUT2D eigenvalue weighted by Gasteiger charge is 2.22. The number of allylic oxidation sites excluding steroid dienone is 1. The Hall–Kier alpha value is -2.98. The molecule has 23 heavy (non-hydrogen) atoms. The van der Waals surface area contributed by atoms with E-state index in [1.807, 2.05) is 30.4 Å². The lowest BCUT2D eigenvalue weighted by atomic mass is 9.86. The molecule has 0 radical (unpaired) electrons. The average molecular weight is 303 g/mol. The molecule has 3 rings (SSSR count). The maximum absolute atomic E-state index is 10.4. The molecule has 1 aliphatic carbocycles. The summed E-state index contributed by atoms with van der Waals surface area (Å²) >= 11 is 0. The van der Waals surface area contributed by atoms with Crippen LogP contribution in [-0.2, 0) is 6.42 Å². The van der Waals surface area contributed by atoms with Gasteiger partial charge in [0.05, 0.1) is 5.56 Å². The monoisotopic (exact) mass is 303 g/mol. The number of phenols is 1. The van der Waals surface area contributed by atoms with Crippen LogP contribution in [0.3, 0.4) is 0 Å². The molecular weight excluding hydrogens is 286 g/mol. The van der Waals surface area contributed by atoms with Crippen molar-refractivity contribution in [3.63, 3.8) is 0 Å². The Morgan fingerprint density at radius 2 is 2.00 bits per heavy atom. The summed E-state index contributed by atoms with van der Waals surface area (Å²) in [5.41, 5.74) is 3.03. The lowest BCUT2D eigenvalue weighted by Crippen LogP contribution is -2.06. The molecule has 0 unspecified atom stereocenters. The second kappa shape index (κ2) is 6.02. The molecule has 0 atom stereocenters. The van der Waals surface area contributed by atoms with Gasteiger partial charge in [0, 0.05) is 28.7 Å². The minimum atomic E-state index is -0.0622. The lowest BCUT2D eigenvalue weighted by molar-refractivity contribution is 0.469. The number of nitriles is 2. The van der Waals surface area contributed by atoms with Crippen molar-refractivity contribution >= 4 is 22.5 Å². The summed E-state index contributed by atoms with van der Waals surface area (Å²) in [4.78, 5) is 0. The van der Waals surface area contributed by atoms with Crippen molar-refractivity contribution in [2.75, 3.05) is 11.9 Å². The first-order valence-corrected chi connectivity index (χ1v) is 7.78. The van der Waals surface area contributed by atoms with E-state index >= 15 is 0 Å². The van der Waals surface area contributed by atoms with Crippen LogP contribution in [0.2, 0.25) is 0 Å². The molecule has 0 amide bonds. The molecule has 2 aromatic carbocycles. The third kappa shape index (κ3) is 2.29. The molecule has 4 heteroatoms. The Morgan fingerprint density at radius 1 is 1.22 bits per heavy atom. The van der Waals surface area contributed by atoms with Gasteiger partial charge >= 0.3 is 0 Å². The van der Waals surface area contributed by atoms with Crippen LogP contribution in [0.1, 0.15) is 42.0 Å². The van der Waals surface area contributed by atoms with E-state index < -0.39 is 0 Å². The predicted octanol–water partition coefficient (Wildman–Crippen LogP) is 4.07. The number of anilines is 1. The Kier molecular flexibility index (Phi) is 3.91. The van der Waals surface area contributed by atoms with Crippen LogP contribution in [0.5, 0.6) is 5.75 Å². The minimum Gasteiger partial charge on any atom is -0.506 e. The van der Waals surface area contributed by atoms with E-state index in [1.165, 1.54) is 0 Å². The summed E-state index contributed by atoms with van der Waals surface area (Å²) in [6.45, 7) is 3.02. The van der Waals surface area contributed by atoms with Crippen LogP contribution in [-0.4, -0.2) is 11.7 Å². The van der Waals surface area contributed by atoms with Gasteiger partial charge in [-0.15, -0.1) is 0 Å². The number of hydrogen-bond donors (Lipinski definition) is 2. The number of hydrogen-bond acceptors (Lipinski definition) is 4. The third-order valence-corrected chi connectivity index (χ3v) is 4.27. The molecule has 2 N–H and O–H groups in total. The molecule has 114 valence electrons. The van der Waals surface area contributed by atoms with Crippen LogP contribution in [0, 0.1) is 22.7 Å². The Bertz CT molecular complexity index is 898. The van der Waals surface area contributed by atoms with Gasteiger partial charge in [0.2, 0.25) is 0 Å². The summed E-state index contributed by atoms with van der Waals surface area (Å²) in [5.74, 6) is -0.0622.